The second kappa shape index (κ2) is 6.59. The predicted molar refractivity (Wildman–Crippen MR) is 79.3 cm³/mol. The van der Waals surface area contributed by atoms with Gasteiger partial charge in [-0.3, -0.25) is 4.79 Å². The van der Waals surface area contributed by atoms with Crippen LogP contribution in [0.3, 0.4) is 0 Å². The molecule has 0 radical (unpaired) electrons. The van der Waals surface area contributed by atoms with Crippen molar-refractivity contribution in [3.8, 4) is 0 Å². The van der Waals surface area contributed by atoms with E-state index in [0.29, 0.717) is 10.6 Å². The van der Waals surface area contributed by atoms with Crippen molar-refractivity contribution in [1.82, 2.24) is 5.32 Å². The molecule has 0 heterocycles. The molecule has 0 spiro atoms. The van der Waals surface area contributed by atoms with Crippen LogP contribution in [-0.2, 0) is 20.4 Å². The number of carbonyl (C=O) groups is 1. The smallest absolute Gasteiger partial charge is 0.235 e. The maximum atomic E-state index is 12.0. The summed E-state index contributed by atoms with van der Waals surface area (Å²) in [6.45, 7) is 0. The Morgan fingerprint density at radius 1 is 1.25 bits per heavy atom. The number of rotatable bonds is 5. The fraction of sp³-hybridized carbons (Fsp3) is 0.500. The van der Waals surface area contributed by atoms with Crippen molar-refractivity contribution in [2.45, 2.75) is 37.5 Å². The largest absolute Gasteiger partial charge is 0.352 e. The lowest BCUT2D eigenvalue weighted by molar-refractivity contribution is -0.119. The van der Waals surface area contributed by atoms with Gasteiger partial charge in [-0.15, -0.1) is 0 Å². The van der Waals surface area contributed by atoms with E-state index in [1.807, 2.05) is 0 Å². The summed E-state index contributed by atoms with van der Waals surface area (Å²) >= 11 is 5.94. The molecule has 1 aliphatic rings. The SMILES string of the molecule is O=C(CS(=O)(=O)Cc1ccccc1Cl)NC1CCCC1. The van der Waals surface area contributed by atoms with Gasteiger partial charge in [0.05, 0.1) is 5.75 Å². The minimum atomic E-state index is -3.49. The minimum Gasteiger partial charge on any atom is -0.352 e. The highest BCUT2D eigenvalue weighted by Gasteiger charge is 2.22. The number of nitrogens with one attached hydrogen (secondary N) is 1. The molecule has 1 N–H and O–H groups in total. The second-order valence-corrected chi connectivity index (χ2v) is 7.64. The van der Waals surface area contributed by atoms with Crippen molar-refractivity contribution < 1.29 is 13.2 Å². The van der Waals surface area contributed by atoms with Crippen LogP contribution in [0.15, 0.2) is 24.3 Å². The van der Waals surface area contributed by atoms with E-state index in [-0.39, 0.29) is 11.8 Å². The van der Waals surface area contributed by atoms with E-state index in [1.165, 1.54) is 0 Å². The third kappa shape index (κ3) is 4.49. The molecule has 4 nitrogen and oxygen atoms in total. The molecule has 2 rings (SSSR count). The van der Waals surface area contributed by atoms with Crippen LogP contribution in [0.4, 0.5) is 0 Å². The maximum absolute atomic E-state index is 12.0. The molecule has 1 amide bonds. The summed E-state index contributed by atoms with van der Waals surface area (Å²) in [5.74, 6) is -1.09. The van der Waals surface area contributed by atoms with Crippen molar-refractivity contribution in [3.63, 3.8) is 0 Å². The first-order valence-corrected chi connectivity index (χ1v) is 8.89. The molecule has 110 valence electrons. The Morgan fingerprint density at radius 2 is 1.90 bits per heavy atom. The summed E-state index contributed by atoms with van der Waals surface area (Å²) in [7, 11) is -3.49. The summed E-state index contributed by atoms with van der Waals surface area (Å²) in [5.41, 5.74) is 0.530. The lowest BCUT2D eigenvalue weighted by atomic mass is 10.2. The molecule has 0 bridgehead atoms. The summed E-state index contributed by atoms with van der Waals surface area (Å²) in [5, 5.41) is 3.19. The van der Waals surface area contributed by atoms with Gasteiger partial charge in [-0.2, -0.15) is 0 Å². The van der Waals surface area contributed by atoms with Crippen LogP contribution in [0.25, 0.3) is 0 Å². The standard InChI is InChI=1S/C14H18ClNO3S/c15-13-8-4-1-5-11(13)9-20(18,19)10-14(17)16-12-6-2-3-7-12/h1,4-5,8,12H,2-3,6-7,9-10H2,(H,16,17). The van der Waals surface area contributed by atoms with Gasteiger partial charge in [0.25, 0.3) is 0 Å². The van der Waals surface area contributed by atoms with Gasteiger partial charge in [0.2, 0.25) is 5.91 Å². The van der Waals surface area contributed by atoms with Crippen LogP contribution in [0, 0.1) is 0 Å². The highest BCUT2D eigenvalue weighted by Crippen LogP contribution is 2.19. The Bertz CT molecular complexity index is 580. The van der Waals surface area contributed by atoms with Crippen molar-refractivity contribution >= 4 is 27.3 Å². The summed E-state index contributed by atoms with van der Waals surface area (Å²) in [6, 6.07) is 6.92. The molecule has 1 aromatic rings. The Morgan fingerprint density at radius 3 is 2.55 bits per heavy atom. The van der Waals surface area contributed by atoms with Crippen LogP contribution >= 0.6 is 11.6 Å². The van der Waals surface area contributed by atoms with Crippen molar-refractivity contribution in [3.05, 3.63) is 34.9 Å². The zero-order chi connectivity index (χ0) is 14.6. The lowest BCUT2D eigenvalue weighted by Crippen LogP contribution is -2.37. The molecule has 0 aromatic heterocycles. The van der Waals surface area contributed by atoms with E-state index in [2.05, 4.69) is 5.32 Å². The van der Waals surface area contributed by atoms with Gasteiger partial charge >= 0.3 is 0 Å². The van der Waals surface area contributed by atoms with E-state index >= 15 is 0 Å². The van der Waals surface area contributed by atoms with Gasteiger partial charge in [0.15, 0.2) is 9.84 Å². The molecule has 0 saturated heterocycles. The molecular formula is C14H18ClNO3S. The monoisotopic (exact) mass is 315 g/mol. The third-order valence-electron chi connectivity index (χ3n) is 3.40. The Labute approximate surface area is 124 Å². The van der Waals surface area contributed by atoms with E-state index in [0.717, 1.165) is 25.7 Å². The molecule has 1 fully saturated rings. The van der Waals surface area contributed by atoms with Crippen LogP contribution in [0.5, 0.6) is 0 Å². The Kier molecular flexibility index (Phi) is 5.05. The quantitative estimate of drug-likeness (QED) is 0.907. The Hall–Kier alpha value is -1.07. The van der Waals surface area contributed by atoms with Gasteiger partial charge in [0.1, 0.15) is 5.75 Å². The third-order valence-corrected chi connectivity index (χ3v) is 5.23. The van der Waals surface area contributed by atoms with E-state index in [4.69, 9.17) is 11.6 Å². The maximum Gasteiger partial charge on any atom is 0.235 e. The fourth-order valence-electron chi connectivity index (χ4n) is 2.44. The normalized spacial score (nSPS) is 16.2. The van der Waals surface area contributed by atoms with E-state index in [9.17, 15) is 13.2 Å². The molecule has 6 heteroatoms. The van der Waals surface area contributed by atoms with Gasteiger partial charge < -0.3 is 5.32 Å². The van der Waals surface area contributed by atoms with Crippen LogP contribution in [0.1, 0.15) is 31.2 Å². The molecule has 1 aliphatic carbocycles. The van der Waals surface area contributed by atoms with E-state index in [1.54, 1.807) is 24.3 Å². The molecule has 0 unspecified atom stereocenters. The second-order valence-electron chi connectivity index (χ2n) is 5.17. The molecule has 20 heavy (non-hydrogen) atoms. The van der Waals surface area contributed by atoms with E-state index < -0.39 is 21.5 Å². The first-order chi connectivity index (χ1) is 9.46. The number of halogens is 1. The van der Waals surface area contributed by atoms with Crippen molar-refractivity contribution in [2.75, 3.05) is 5.75 Å². The summed E-state index contributed by atoms with van der Waals surface area (Å²) in [6.07, 6.45) is 4.07. The Balaban J connectivity index is 1.93. The highest BCUT2D eigenvalue weighted by molar-refractivity contribution is 7.91. The molecule has 0 atom stereocenters. The molecule has 0 aliphatic heterocycles. The fourth-order valence-corrected chi connectivity index (χ4v) is 4.03. The molecular weight excluding hydrogens is 298 g/mol. The highest BCUT2D eigenvalue weighted by atomic mass is 35.5. The summed E-state index contributed by atoms with van der Waals surface area (Å²) < 4.78 is 24.0. The van der Waals surface area contributed by atoms with Crippen LogP contribution in [-0.4, -0.2) is 26.1 Å². The van der Waals surface area contributed by atoms with Crippen molar-refractivity contribution in [2.24, 2.45) is 0 Å². The topological polar surface area (TPSA) is 63.2 Å². The number of amides is 1. The average Bonchev–Trinajstić information content (AvgIpc) is 2.83. The average molecular weight is 316 g/mol. The number of hydrogen-bond acceptors (Lipinski definition) is 3. The first-order valence-electron chi connectivity index (χ1n) is 6.69. The van der Waals surface area contributed by atoms with Gasteiger partial charge in [-0.1, -0.05) is 42.6 Å². The number of hydrogen-bond donors (Lipinski definition) is 1. The summed E-state index contributed by atoms with van der Waals surface area (Å²) in [4.78, 5) is 11.8. The molecule has 1 aromatic carbocycles. The number of carbonyl (C=O) groups excluding carboxylic acids is 1. The van der Waals surface area contributed by atoms with Gasteiger partial charge in [-0.25, -0.2) is 8.42 Å². The number of benzene rings is 1. The lowest BCUT2D eigenvalue weighted by Gasteiger charge is -2.12. The zero-order valence-electron chi connectivity index (χ0n) is 11.1. The predicted octanol–water partition coefficient (Wildman–Crippen LogP) is 2.31. The van der Waals surface area contributed by atoms with Crippen LogP contribution in [0.2, 0.25) is 5.02 Å². The number of sulfone groups is 1. The first kappa shape index (κ1) is 15.3. The van der Waals surface area contributed by atoms with Gasteiger partial charge in [-0.05, 0) is 24.5 Å². The van der Waals surface area contributed by atoms with Gasteiger partial charge in [0, 0.05) is 11.1 Å². The van der Waals surface area contributed by atoms with Crippen LogP contribution < -0.4 is 5.32 Å². The molecule has 1 saturated carbocycles. The minimum absolute atomic E-state index is 0.137. The van der Waals surface area contributed by atoms with Crippen molar-refractivity contribution in [1.29, 1.82) is 0 Å². The zero-order valence-corrected chi connectivity index (χ0v) is 12.7.